The van der Waals surface area contributed by atoms with Crippen molar-refractivity contribution >= 4 is 33.5 Å². The van der Waals surface area contributed by atoms with Gasteiger partial charge in [-0.1, -0.05) is 51.8 Å². The van der Waals surface area contributed by atoms with Gasteiger partial charge in [0.05, 0.1) is 5.92 Å². The molecule has 1 atom stereocenters. The topological polar surface area (TPSA) is 94.6 Å². The number of benzene rings is 3. The number of hydrogen-bond acceptors (Lipinski definition) is 6. The third kappa shape index (κ3) is 4.82. The van der Waals surface area contributed by atoms with Crippen LogP contribution >= 0.6 is 27.5 Å². The second kappa shape index (κ2) is 9.57. The van der Waals surface area contributed by atoms with Gasteiger partial charge in [-0.15, -0.1) is 0 Å². The van der Waals surface area contributed by atoms with Crippen molar-refractivity contribution in [2.24, 2.45) is 5.73 Å². The van der Waals surface area contributed by atoms with Gasteiger partial charge in [0.25, 0.3) is 0 Å². The molecule has 0 saturated carbocycles. The molecular weight excluding hydrogens is 508 g/mol. The Morgan fingerprint density at radius 3 is 2.70 bits per heavy atom. The first-order valence-electron chi connectivity index (χ1n) is 9.93. The second-order valence-electron chi connectivity index (χ2n) is 7.32. The maximum Gasteiger partial charge on any atom is 0.349 e. The summed E-state index contributed by atoms with van der Waals surface area (Å²) in [5.74, 6) is 0.236. The average molecular weight is 526 g/mol. The third-order valence-corrected chi connectivity index (χ3v) is 6.08. The van der Waals surface area contributed by atoms with E-state index in [0.29, 0.717) is 22.1 Å². The lowest BCUT2D eigenvalue weighted by Crippen LogP contribution is -2.22. The van der Waals surface area contributed by atoms with Gasteiger partial charge in [0.15, 0.2) is 6.61 Å². The summed E-state index contributed by atoms with van der Waals surface area (Å²) in [6.45, 7) is 1.56. The third-order valence-electron chi connectivity index (χ3n) is 5.12. The summed E-state index contributed by atoms with van der Waals surface area (Å²) in [5.41, 5.74) is 8.78. The largest absolute Gasteiger partial charge is 0.482 e. The lowest BCUT2D eigenvalue weighted by Gasteiger charge is -2.27. The fraction of sp³-hybridized carbons (Fsp3) is 0.120. The smallest absolute Gasteiger partial charge is 0.349 e. The van der Waals surface area contributed by atoms with Gasteiger partial charge in [-0.3, -0.25) is 0 Å². The minimum absolute atomic E-state index is 0.00998. The molecule has 0 fully saturated rings. The molecule has 1 unspecified atom stereocenters. The number of esters is 1. The van der Waals surface area contributed by atoms with Crippen LogP contribution in [-0.4, -0.2) is 12.6 Å². The molecular formula is C25H18BrClN2O4. The van der Waals surface area contributed by atoms with Crippen LogP contribution in [0.2, 0.25) is 5.02 Å². The number of aryl methyl sites for hydroxylation is 1. The second-order valence-corrected chi connectivity index (χ2v) is 8.61. The summed E-state index contributed by atoms with van der Waals surface area (Å²) < 4.78 is 17.5. The highest BCUT2D eigenvalue weighted by Gasteiger charge is 2.32. The number of ether oxygens (including phenoxy) is 3. The van der Waals surface area contributed by atoms with E-state index >= 15 is 0 Å². The van der Waals surface area contributed by atoms with Gasteiger partial charge in [0, 0.05) is 21.1 Å². The van der Waals surface area contributed by atoms with E-state index in [1.54, 1.807) is 36.4 Å². The molecule has 8 heteroatoms. The van der Waals surface area contributed by atoms with Crippen LogP contribution in [0.25, 0.3) is 0 Å². The van der Waals surface area contributed by atoms with Crippen LogP contribution in [0.3, 0.4) is 0 Å². The number of carbonyl (C=O) groups is 1. The number of carbonyl (C=O) groups excluding carboxylic acids is 1. The Labute approximate surface area is 204 Å². The minimum atomic E-state index is -0.580. The summed E-state index contributed by atoms with van der Waals surface area (Å²) in [6.07, 6.45) is 0. The van der Waals surface area contributed by atoms with Crippen LogP contribution in [0.15, 0.2) is 76.6 Å². The number of halogens is 2. The zero-order valence-corrected chi connectivity index (χ0v) is 19.8. The molecule has 3 aromatic rings. The van der Waals surface area contributed by atoms with Crippen molar-refractivity contribution in [3.8, 4) is 23.3 Å². The molecule has 1 aliphatic rings. The van der Waals surface area contributed by atoms with E-state index in [1.807, 2.05) is 31.2 Å². The lowest BCUT2D eigenvalue weighted by molar-refractivity contribution is -0.136. The van der Waals surface area contributed by atoms with Crippen molar-refractivity contribution in [2.45, 2.75) is 12.8 Å². The first kappa shape index (κ1) is 22.7. The van der Waals surface area contributed by atoms with Crippen LogP contribution in [0, 0.1) is 18.3 Å². The zero-order chi connectivity index (χ0) is 23.5. The predicted octanol–water partition coefficient (Wildman–Crippen LogP) is 5.61. The van der Waals surface area contributed by atoms with Gasteiger partial charge < -0.3 is 19.9 Å². The van der Waals surface area contributed by atoms with E-state index in [1.165, 1.54) is 0 Å². The highest BCUT2D eigenvalue weighted by molar-refractivity contribution is 9.10. The van der Waals surface area contributed by atoms with Crippen molar-refractivity contribution in [2.75, 3.05) is 6.61 Å². The van der Waals surface area contributed by atoms with Crippen molar-refractivity contribution in [1.82, 2.24) is 0 Å². The first-order valence-corrected chi connectivity index (χ1v) is 11.1. The number of hydrogen-bond donors (Lipinski definition) is 1. The fourth-order valence-corrected chi connectivity index (χ4v) is 4.34. The standard InChI is InChI=1S/C25H18BrClN2O4/c1-14-10-15(27)6-9-21(14)31-13-23(30)32-16-7-8-18-22(11-16)33-25(29)19(12-28)24(18)17-4-2-3-5-20(17)26/h2-11,24H,13,29H2,1H3. The summed E-state index contributed by atoms with van der Waals surface area (Å²) in [6, 6.07) is 19.9. The van der Waals surface area contributed by atoms with Gasteiger partial charge in [-0.2, -0.15) is 5.26 Å². The molecule has 0 amide bonds. The zero-order valence-electron chi connectivity index (χ0n) is 17.5. The van der Waals surface area contributed by atoms with Crippen LogP contribution in [0.4, 0.5) is 0 Å². The minimum Gasteiger partial charge on any atom is -0.482 e. The number of nitrogens with zero attached hydrogens (tertiary/aromatic N) is 1. The molecule has 0 bridgehead atoms. The molecule has 3 aromatic carbocycles. The van der Waals surface area contributed by atoms with Crippen molar-refractivity contribution < 1.29 is 19.0 Å². The molecule has 0 aromatic heterocycles. The fourth-order valence-electron chi connectivity index (χ4n) is 3.60. The quantitative estimate of drug-likeness (QED) is 0.343. The molecule has 0 saturated heterocycles. The number of allylic oxidation sites excluding steroid dienone is 1. The predicted molar refractivity (Wildman–Crippen MR) is 127 cm³/mol. The molecule has 0 spiro atoms. The van der Waals surface area contributed by atoms with Crippen LogP contribution in [-0.2, 0) is 4.79 Å². The Balaban J connectivity index is 1.55. The highest BCUT2D eigenvalue weighted by atomic mass is 79.9. The van der Waals surface area contributed by atoms with E-state index in [0.717, 1.165) is 21.2 Å². The van der Waals surface area contributed by atoms with E-state index < -0.39 is 11.9 Å². The number of nitriles is 1. The average Bonchev–Trinajstić information content (AvgIpc) is 2.78. The Morgan fingerprint density at radius 2 is 1.97 bits per heavy atom. The molecule has 1 heterocycles. The summed E-state index contributed by atoms with van der Waals surface area (Å²) >= 11 is 9.49. The van der Waals surface area contributed by atoms with Gasteiger partial charge in [0.1, 0.15) is 28.9 Å². The SMILES string of the molecule is Cc1cc(Cl)ccc1OCC(=O)Oc1ccc2c(c1)OC(N)=C(C#N)C2c1ccccc1Br. The monoisotopic (exact) mass is 524 g/mol. The van der Waals surface area contributed by atoms with Crippen LogP contribution < -0.4 is 19.9 Å². The summed E-state index contributed by atoms with van der Waals surface area (Å²) in [5, 5.41) is 10.3. The number of rotatable bonds is 5. The molecule has 2 N–H and O–H groups in total. The molecule has 1 aliphatic heterocycles. The van der Waals surface area contributed by atoms with E-state index in [9.17, 15) is 10.1 Å². The molecule has 0 radical (unpaired) electrons. The summed E-state index contributed by atoms with van der Waals surface area (Å²) in [7, 11) is 0. The molecule has 4 rings (SSSR count). The maximum atomic E-state index is 12.3. The van der Waals surface area contributed by atoms with Crippen LogP contribution in [0.1, 0.15) is 22.6 Å². The molecule has 166 valence electrons. The van der Waals surface area contributed by atoms with Gasteiger partial charge in [0.2, 0.25) is 5.88 Å². The molecule has 33 heavy (non-hydrogen) atoms. The van der Waals surface area contributed by atoms with Gasteiger partial charge in [-0.05, 0) is 48.4 Å². The Kier molecular flexibility index (Phi) is 6.59. The van der Waals surface area contributed by atoms with Crippen molar-refractivity contribution in [3.63, 3.8) is 0 Å². The van der Waals surface area contributed by atoms with Crippen LogP contribution in [0.5, 0.6) is 17.2 Å². The Morgan fingerprint density at radius 1 is 1.18 bits per heavy atom. The molecule has 6 nitrogen and oxygen atoms in total. The normalized spacial score (nSPS) is 14.7. The Bertz CT molecular complexity index is 1320. The maximum absolute atomic E-state index is 12.3. The highest BCUT2D eigenvalue weighted by Crippen LogP contribution is 2.45. The van der Waals surface area contributed by atoms with Gasteiger partial charge >= 0.3 is 5.97 Å². The first-order chi connectivity index (χ1) is 15.9. The number of nitrogens with two attached hydrogens (primary N) is 1. The van der Waals surface area contributed by atoms with E-state index in [4.69, 9.17) is 31.5 Å². The molecule has 0 aliphatic carbocycles. The van der Waals surface area contributed by atoms with Crippen molar-refractivity contribution in [3.05, 3.63) is 98.3 Å². The Hall–Kier alpha value is -3.47. The number of fused-ring (bicyclic) bond motifs is 1. The van der Waals surface area contributed by atoms with E-state index in [2.05, 4.69) is 22.0 Å². The lowest BCUT2D eigenvalue weighted by atomic mass is 9.83. The van der Waals surface area contributed by atoms with Crippen molar-refractivity contribution in [1.29, 1.82) is 5.26 Å². The summed E-state index contributed by atoms with van der Waals surface area (Å²) in [4.78, 5) is 12.3. The van der Waals surface area contributed by atoms with Gasteiger partial charge in [-0.25, -0.2) is 4.79 Å². The van der Waals surface area contributed by atoms with E-state index in [-0.39, 0.29) is 18.2 Å².